The van der Waals surface area contributed by atoms with Crippen molar-refractivity contribution in [2.45, 2.75) is 58.3 Å². The maximum absolute atomic E-state index is 9.74. The van der Waals surface area contributed by atoms with Crippen LogP contribution in [0.1, 0.15) is 40.0 Å². The van der Waals surface area contributed by atoms with Crippen LogP contribution in [-0.4, -0.2) is 33.6 Å². The summed E-state index contributed by atoms with van der Waals surface area (Å²) in [5, 5.41) is 28.8. The van der Waals surface area contributed by atoms with Gasteiger partial charge in [0, 0.05) is 0 Å². The second-order valence-electron chi connectivity index (χ2n) is 5.19. The Kier molecular flexibility index (Phi) is 6.10. The van der Waals surface area contributed by atoms with E-state index >= 15 is 0 Å². The molecule has 0 aliphatic rings. The summed E-state index contributed by atoms with van der Waals surface area (Å²) in [6, 6.07) is 0. The molecule has 0 aromatic heterocycles. The molecule has 90 valence electrons. The highest BCUT2D eigenvalue weighted by Gasteiger charge is 2.25. The molecule has 0 aliphatic carbocycles. The van der Waals surface area contributed by atoms with Crippen LogP contribution in [0.3, 0.4) is 0 Å². The molecule has 3 nitrogen and oxygen atoms in total. The lowest BCUT2D eigenvalue weighted by Crippen LogP contribution is -2.31. The van der Waals surface area contributed by atoms with Crippen molar-refractivity contribution in [1.82, 2.24) is 0 Å². The zero-order valence-electron chi connectivity index (χ0n) is 9.98. The average Bonchev–Trinajstić information content (AvgIpc) is 2.01. The van der Waals surface area contributed by atoms with Gasteiger partial charge in [-0.05, 0) is 24.7 Å². The van der Waals surface area contributed by atoms with Gasteiger partial charge in [-0.25, -0.2) is 0 Å². The first-order valence-electron chi connectivity index (χ1n) is 5.42. The van der Waals surface area contributed by atoms with Crippen molar-refractivity contribution in [2.24, 2.45) is 5.41 Å². The fraction of sp³-hybridized carbons (Fsp3) is 0.833. The van der Waals surface area contributed by atoms with Crippen LogP contribution in [0.2, 0.25) is 0 Å². The number of hydrogen-bond donors (Lipinski definition) is 3. The summed E-state index contributed by atoms with van der Waals surface area (Å²) in [5.41, 5.74) is -0.232. The van der Waals surface area contributed by atoms with Gasteiger partial charge in [-0.2, -0.15) is 0 Å². The first-order chi connectivity index (χ1) is 6.77. The number of hydrogen-bond acceptors (Lipinski definition) is 3. The maximum Gasteiger partial charge on any atom is 0.0613 e. The van der Waals surface area contributed by atoms with Gasteiger partial charge in [0.25, 0.3) is 0 Å². The standard InChI is InChI=1S/C12H24O3/c1-5-6-9(13)7-10(14)8-11(15)12(2,3)4/h5,9-11,13-15H,1,6-8H2,2-4H3/t9-,10+,11+/m0/s1. The molecule has 0 aromatic rings. The Morgan fingerprint density at radius 3 is 2.00 bits per heavy atom. The van der Waals surface area contributed by atoms with Gasteiger partial charge in [-0.1, -0.05) is 26.8 Å². The van der Waals surface area contributed by atoms with Crippen molar-refractivity contribution in [2.75, 3.05) is 0 Å². The summed E-state index contributed by atoms with van der Waals surface area (Å²) >= 11 is 0. The van der Waals surface area contributed by atoms with Crippen molar-refractivity contribution < 1.29 is 15.3 Å². The minimum atomic E-state index is -0.658. The third-order valence-corrected chi connectivity index (χ3v) is 2.48. The molecule has 0 aromatic carbocycles. The molecular formula is C12H24O3. The predicted octanol–water partition coefficient (Wildman–Crippen LogP) is 1.47. The zero-order chi connectivity index (χ0) is 12.1. The van der Waals surface area contributed by atoms with Crippen LogP contribution in [0.4, 0.5) is 0 Å². The lowest BCUT2D eigenvalue weighted by Gasteiger charge is -2.28. The molecule has 0 amide bonds. The van der Waals surface area contributed by atoms with Crippen LogP contribution in [-0.2, 0) is 0 Å². The highest BCUT2D eigenvalue weighted by Crippen LogP contribution is 2.23. The van der Waals surface area contributed by atoms with Crippen molar-refractivity contribution in [1.29, 1.82) is 0 Å². The zero-order valence-corrected chi connectivity index (χ0v) is 9.98. The molecule has 0 saturated carbocycles. The minimum Gasteiger partial charge on any atom is -0.393 e. The lowest BCUT2D eigenvalue weighted by atomic mass is 9.85. The first-order valence-corrected chi connectivity index (χ1v) is 5.42. The van der Waals surface area contributed by atoms with Crippen molar-refractivity contribution in [3.05, 3.63) is 12.7 Å². The van der Waals surface area contributed by atoms with Crippen molar-refractivity contribution in [3.63, 3.8) is 0 Å². The van der Waals surface area contributed by atoms with Crippen molar-refractivity contribution in [3.8, 4) is 0 Å². The monoisotopic (exact) mass is 216 g/mol. The Morgan fingerprint density at radius 2 is 1.60 bits per heavy atom. The van der Waals surface area contributed by atoms with Gasteiger partial charge in [-0.3, -0.25) is 0 Å². The van der Waals surface area contributed by atoms with E-state index in [1.54, 1.807) is 6.08 Å². The maximum atomic E-state index is 9.74. The van der Waals surface area contributed by atoms with Crippen LogP contribution in [0.25, 0.3) is 0 Å². The predicted molar refractivity (Wildman–Crippen MR) is 61.5 cm³/mol. The van der Waals surface area contributed by atoms with Gasteiger partial charge in [-0.15, -0.1) is 6.58 Å². The Bertz CT molecular complexity index is 184. The van der Waals surface area contributed by atoms with E-state index in [0.29, 0.717) is 19.3 Å². The molecule has 0 aliphatic heterocycles. The van der Waals surface area contributed by atoms with Crippen LogP contribution in [0.15, 0.2) is 12.7 Å². The van der Waals surface area contributed by atoms with Gasteiger partial charge >= 0.3 is 0 Å². The smallest absolute Gasteiger partial charge is 0.0613 e. The normalized spacial score (nSPS) is 18.3. The van der Waals surface area contributed by atoms with Gasteiger partial charge in [0.1, 0.15) is 0 Å². The molecule has 0 bridgehead atoms. The van der Waals surface area contributed by atoms with E-state index in [0.717, 1.165) is 0 Å². The molecule has 3 heteroatoms. The fourth-order valence-corrected chi connectivity index (χ4v) is 1.31. The third-order valence-electron chi connectivity index (χ3n) is 2.48. The molecule has 0 unspecified atom stereocenters. The molecule has 0 spiro atoms. The molecule has 0 heterocycles. The SMILES string of the molecule is C=CC[C@H](O)C[C@@H](O)C[C@@H](O)C(C)(C)C. The molecule has 0 radical (unpaired) electrons. The second-order valence-corrected chi connectivity index (χ2v) is 5.19. The number of aliphatic hydroxyl groups excluding tert-OH is 3. The van der Waals surface area contributed by atoms with E-state index in [1.807, 2.05) is 20.8 Å². The highest BCUT2D eigenvalue weighted by molar-refractivity contribution is 4.79. The van der Waals surface area contributed by atoms with Gasteiger partial charge in [0.05, 0.1) is 18.3 Å². The van der Waals surface area contributed by atoms with Gasteiger partial charge in [0.2, 0.25) is 0 Å². The van der Waals surface area contributed by atoms with E-state index in [-0.39, 0.29) is 5.41 Å². The molecule has 0 fully saturated rings. The van der Waals surface area contributed by atoms with E-state index < -0.39 is 18.3 Å². The average molecular weight is 216 g/mol. The highest BCUT2D eigenvalue weighted by atomic mass is 16.3. The molecule has 15 heavy (non-hydrogen) atoms. The fourth-order valence-electron chi connectivity index (χ4n) is 1.31. The largest absolute Gasteiger partial charge is 0.393 e. The van der Waals surface area contributed by atoms with E-state index in [9.17, 15) is 15.3 Å². The quantitative estimate of drug-likeness (QED) is 0.589. The summed E-state index contributed by atoms with van der Waals surface area (Å²) in [5.74, 6) is 0. The van der Waals surface area contributed by atoms with E-state index in [4.69, 9.17) is 0 Å². The van der Waals surface area contributed by atoms with Crippen LogP contribution in [0.5, 0.6) is 0 Å². The summed E-state index contributed by atoms with van der Waals surface area (Å²) in [7, 11) is 0. The van der Waals surface area contributed by atoms with E-state index in [1.165, 1.54) is 0 Å². The Morgan fingerprint density at radius 1 is 1.07 bits per heavy atom. The summed E-state index contributed by atoms with van der Waals surface area (Å²) in [6.45, 7) is 9.28. The summed E-state index contributed by atoms with van der Waals surface area (Å²) in [6.07, 6.45) is 0.916. The van der Waals surface area contributed by atoms with Crippen LogP contribution in [0, 0.1) is 5.41 Å². The van der Waals surface area contributed by atoms with Gasteiger partial charge < -0.3 is 15.3 Å². The van der Waals surface area contributed by atoms with Crippen LogP contribution >= 0.6 is 0 Å². The first kappa shape index (κ1) is 14.6. The molecule has 3 N–H and O–H groups in total. The Hall–Kier alpha value is -0.380. The number of aliphatic hydroxyl groups is 3. The molecular weight excluding hydrogens is 192 g/mol. The topological polar surface area (TPSA) is 60.7 Å². The second kappa shape index (κ2) is 6.26. The minimum absolute atomic E-state index is 0.232. The van der Waals surface area contributed by atoms with Crippen molar-refractivity contribution >= 4 is 0 Å². The Balaban J connectivity index is 3.92. The van der Waals surface area contributed by atoms with E-state index in [2.05, 4.69) is 6.58 Å². The summed E-state index contributed by atoms with van der Waals surface area (Å²) < 4.78 is 0. The number of rotatable bonds is 6. The third kappa shape index (κ3) is 6.66. The van der Waals surface area contributed by atoms with Crippen LogP contribution < -0.4 is 0 Å². The summed E-state index contributed by atoms with van der Waals surface area (Å²) in [4.78, 5) is 0. The molecule has 3 atom stereocenters. The molecule has 0 saturated heterocycles. The van der Waals surface area contributed by atoms with Gasteiger partial charge in [0.15, 0.2) is 0 Å². The Labute approximate surface area is 92.4 Å². The lowest BCUT2D eigenvalue weighted by molar-refractivity contribution is -0.00275. The molecule has 0 rings (SSSR count).